The highest BCUT2D eigenvalue weighted by atomic mass is 32.2. The van der Waals surface area contributed by atoms with E-state index in [-0.39, 0.29) is 22.6 Å². The zero-order valence-corrected chi connectivity index (χ0v) is 26.1. The van der Waals surface area contributed by atoms with E-state index in [0.29, 0.717) is 0 Å². The topological polar surface area (TPSA) is 143 Å². The first kappa shape index (κ1) is 33.5. The van der Waals surface area contributed by atoms with Gasteiger partial charge >= 0.3 is 0 Å². The number of nitrogens with zero attached hydrogens (tertiary/aromatic N) is 1. The second-order valence-electron chi connectivity index (χ2n) is 11.3. The fourth-order valence-corrected chi connectivity index (χ4v) is 6.25. The molecule has 0 aromatic heterocycles. The van der Waals surface area contributed by atoms with Gasteiger partial charge in [0, 0.05) is 48.4 Å². The van der Waals surface area contributed by atoms with Crippen LogP contribution >= 0.6 is 9.24 Å². The highest BCUT2D eigenvalue weighted by Gasteiger charge is 2.36. The van der Waals surface area contributed by atoms with Crippen LogP contribution in [0, 0.1) is 0 Å². The maximum absolute atomic E-state index is 13.5. The minimum Gasteiger partial charge on any atom is -0.401 e. The molecule has 1 unspecified atom stereocenters. The lowest BCUT2D eigenvalue weighted by molar-refractivity contribution is -0.124. The largest absolute Gasteiger partial charge is 0.401 e. The molecule has 2 aromatic carbocycles. The Labute approximate surface area is 249 Å². The molecule has 9 nitrogen and oxygen atoms in total. The van der Waals surface area contributed by atoms with Gasteiger partial charge in [0.25, 0.3) is 15.7 Å². The molecule has 0 saturated heterocycles. The van der Waals surface area contributed by atoms with Gasteiger partial charge in [-0.25, -0.2) is 8.42 Å². The number of carbonyl (C=O) groups excluding carboxylic acids is 1. The number of alkyl halides is 2. The number of hydrazine groups is 1. The summed E-state index contributed by atoms with van der Waals surface area (Å²) in [5.74, 6) is 4.50. The number of carbonyl (C=O) groups is 1. The molecular formula is C29H41F2N6O3PS. The molecule has 2 aliphatic rings. The van der Waals surface area contributed by atoms with Crippen molar-refractivity contribution in [1.82, 2.24) is 20.4 Å². The van der Waals surface area contributed by atoms with Crippen molar-refractivity contribution in [3.63, 3.8) is 0 Å². The molecule has 0 fully saturated rings. The Morgan fingerprint density at radius 3 is 2.48 bits per heavy atom. The van der Waals surface area contributed by atoms with Crippen molar-refractivity contribution in [3.05, 3.63) is 89.0 Å². The van der Waals surface area contributed by atoms with E-state index >= 15 is 0 Å². The molecule has 1 amide bonds. The maximum atomic E-state index is 13.5. The van der Waals surface area contributed by atoms with Crippen molar-refractivity contribution in [1.29, 1.82) is 0 Å². The Kier molecular flexibility index (Phi) is 11.1. The second-order valence-corrected chi connectivity index (χ2v) is 13.9. The first-order chi connectivity index (χ1) is 19.6. The van der Waals surface area contributed by atoms with Gasteiger partial charge in [0.15, 0.2) is 0 Å². The SMILES string of the molecule is CC(C)(C)NCc1ccc2c(c1)CCCC2.NN/C=C(\N)C[C@@H]1C(=O)NC=CN1S(=O)(=O)c1cccc(C(F)(F)P)c1. The zero-order chi connectivity index (χ0) is 31.1. The van der Waals surface area contributed by atoms with E-state index in [1.54, 1.807) is 11.1 Å². The number of hydrogen-bond acceptors (Lipinski definition) is 7. The fourth-order valence-electron chi connectivity index (χ4n) is 4.58. The number of amides is 1. The summed E-state index contributed by atoms with van der Waals surface area (Å²) < 4.78 is 53.6. The van der Waals surface area contributed by atoms with E-state index in [2.05, 4.69) is 55.0 Å². The average molecular weight is 623 g/mol. The van der Waals surface area contributed by atoms with Crippen LogP contribution < -0.4 is 27.6 Å². The van der Waals surface area contributed by atoms with E-state index in [1.807, 2.05) is 0 Å². The number of aryl methyl sites for hydroxylation is 2. The van der Waals surface area contributed by atoms with Crippen LogP contribution in [0.5, 0.6) is 0 Å². The van der Waals surface area contributed by atoms with Gasteiger partial charge in [0.05, 0.1) is 4.90 Å². The third kappa shape index (κ3) is 9.22. The minimum absolute atomic E-state index is 0.133. The first-order valence-electron chi connectivity index (χ1n) is 13.7. The smallest absolute Gasteiger partial charge is 0.283 e. The van der Waals surface area contributed by atoms with Gasteiger partial charge in [-0.3, -0.25) is 14.9 Å². The zero-order valence-electron chi connectivity index (χ0n) is 24.2. The summed E-state index contributed by atoms with van der Waals surface area (Å²) >= 11 is 0. The summed E-state index contributed by atoms with van der Waals surface area (Å²) in [5.41, 5.74) is 9.03. The normalized spacial score (nSPS) is 17.6. The molecule has 0 bridgehead atoms. The molecular weight excluding hydrogens is 581 g/mol. The third-order valence-corrected chi connectivity index (χ3v) is 8.90. The lowest BCUT2D eigenvalue weighted by Crippen LogP contribution is -2.49. The monoisotopic (exact) mass is 622 g/mol. The predicted octanol–water partition coefficient (Wildman–Crippen LogP) is 3.68. The van der Waals surface area contributed by atoms with Gasteiger partial charge in [0.1, 0.15) is 6.04 Å². The molecule has 13 heteroatoms. The summed E-state index contributed by atoms with van der Waals surface area (Å²) in [6.07, 6.45) is 8.63. The Balaban J connectivity index is 0.000000258. The maximum Gasteiger partial charge on any atom is 0.283 e. The summed E-state index contributed by atoms with van der Waals surface area (Å²) in [7, 11) is -2.93. The van der Waals surface area contributed by atoms with Crippen molar-refractivity contribution in [2.45, 2.75) is 81.6 Å². The number of nitrogens with one attached hydrogen (secondary N) is 3. The highest BCUT2D eigenvalue weighted by Crippen LogP contribution is 2.36. The van der Waals surface area contributed by atoms with Gasteiger partial charge in [-0.05, 0) is 75.3 Å². The van der Waals surface area contributed by atoms with Crippen LogP contribution in [0.1, 0.15) is 62.3 Å². The van der Waals surface area contributed by atoms with Crippen LogP contribution in [0.3, 0.4) is 0 Å². The number of rotatable bonds is 8. The van der Waals surface area contributed by atoms with Crippen LogP contribution in [0.2, 0.25) is 0 Å². The van der Waals surface area contributed by atoms with E-state index in [1.165, 1.54) is 58.8 Å². The van der Waals surface area contributed by atoms with Crippen LogP contribution in [0.25, 0.3) is 0 Å². The minimum atomic E-state index is -4.28. The Morgan fingerprint density at radius 1 is 1.14 bits per heavy atom. The molecule has 230 valence electrons. The lowest BCUT2D eigenvalue weighted by atomic mass is 9.90. The molecule has 4 rings (SSSR count). The number of sulfonamides is 1. The highest BCUT2D eigenvalue weighted by molar-refractivity contribution is 7.89. The van der Waals surface area contributed by atoms with Crippen LogP contribution in [-0.4, -0.2) is 30.2 Å². The predicted molar refractivity (Wildman–Crippen MR) is 164 cm³/mol. The summed E-state index contributed by atoms with van der Waals surface area (Å²) in [6, 6.07) is 10.2. The van der Waals surface area contributed by atoms with Crippen LogP contribution in [-0.2, 0) is 39.9 Å². The average Bonchev–Trinajstić information content (AvgIpc) is 2.92. The van der Waals surface area contributed by atoms with Crippen molar-refractivity contribution < 1.29 is 22.0 Å². The molecule has 1 aliphatic carbocycles. The van der Waals surface area contributed by atoms with Crippen LogP contribution in [0.4, 0.5) is 8.78 Å². The van der Waals surface area contributed by atoms with Gasteiger partial charge in [-0.1, -0.05) is 39.6 Å². The van der Waals surface area contributed by atoms with E-state index in [0.717, 1.165) is 35.4 Å². The second kappa shape index (κ2) is 13.9. The quantitative estimate of drug-likeness (QED) is 0.172. The standard InChI is InChI=1S/C15H23N.C14H18F2N5O3PS/c1-15(2,3)16-11-12-8-9-13-6-4-5-7-14(13)10-12;15-14(16,25)9-2-1-3-11(6-9)26(23,24)21-5-4-19-13(22)12(21)7-10(17)8-20-18/h8-10,16H,4-7,11H2,1-3H3;1-6,8,12,20H,7,17-18,25H2,(H,19,22)/b;10-8-/t;12-/m.1/s1. The molecule has 7 N–H and O–H groups in total. The molecule has 2 aromatic rings. The number of benzene rings is 2. The van der Waals surface area contributed by atoms with Crippen molar-refractivity contribution in [3.8, 4) is 0 Å². The van der Waals surface area contributed by atoms with E-state index < -0.39 is 33.2 Å². The Bertz CT molecular complexity index is 1420. The molecule has 1 aliphatic heterocycles. The summed E-state index contributed by atoms with van der Waals surface area (Å²) in [5, 5.41) is 5.93. The number of halogens is 2. The molecule has 42 heavy (non-hydrogen) atoms. The van der Waals surface area contributed by atoms with Gasteiger partial charge in [0.2, 0.25) is 5.91 Å². The fraction of sp³-hybridized carbons (Fsp3) is 0.414. The van der Waals surface area contributed by atoms with Crippen LogP contribution in [0.15, 0.2) is 71.7 Å². The molecule has 0 saturated carbocycles. The van der Waals surface area contributed by atoms with Gasteiger partial charge in [-0.15, -0.1) is 0 Å². The van der Waals surface area contributed by atoms with Crippen molar-refractivity contribution >= 4 is 25.2 Å². The number of fused-ring (bicyclic) bond motifs is 1. The van der Waals surface area contributed by atoms with Crippen molar-refractivity contribution in [2.24, 2.45) is 11.6 Å². The molecule has 0 radical (unpaired) electrons. The Hall–Kier alpha value is -3.05. The van der Waals surface area contributed by atoms with Crippen molar-refractivity contribution in [2.75, 3.05) is 0 Å². The number of hydrogen-bond donors (Lipinski definition) is 5. The van der Waals surface area contributed by atoms with E-state index in [4.69, 9.17) is 11.6 Å². The number of nitrogens with two attached hydrogens (primary N) is 2. The first-order valence-corrected chi connectivity index (χ1v) is 15.7. The Morgan fingerprint density at radius 2 is 1.83 bits per heavy atom. The van der Waals surface area contributed by atoms with Gasteiger partial charge < -0.3 is 21.8 Å². The molecule has 2 atom stereocenters. The summed E-state index contributed by atoms with van der Waals surface area (Å²) in [4.78, 5) is 11.7. The molecule has 1 heterocycles. The van der Waals surface area contributed by atoms with E-state index in [9.17, 15) is 22.0 Å². The summed E-state index contributed by atoms with van der Waals surface area (Å²) in [6.45, 7) is 7.62. The van der Waals surface area contributed by atoms with Gasteiger partial charge in [-0.2, -0.15) is 8.78 Å². The lowest BCUT2D eigenvalue weighted by Gasteiger charge is -2.31. The third-order valence-electron chi connectivity index (χ3n) is 6.78. The molecule has 0 spiro atoms.